The van der Waals surface area contributed by atoms with Crippen LogP contribution in [0.5, 0.6) is 0 Å². The van der Waals surface area contributed by atoms with Crippen molar-refractivity contribution in [2.45, 2.75) is 0 Å². The first-order valence-corrected chi connectivity index (χ1v) is 4.98. The van der Waals surface area contributed by atoms with Crippen LogP contribution >= 0.6 is 11.6 Å². The molecule has 0 amide bonds. The highest BCUT2D eigenvalue weighted by Crippen LogP contribution is 2.32. The normalized spacial score (nSPS) is 10.4. The van der Waals surface area contributed by atoms with Crippen LogP contribution in [0.2, 0.25) is 5.02 Å². The van der Waals surface area contributed by atoms with Gasteiger partial charge in [-0.25, -0.2) is 4.79 Å². The third-order valence-electron chi connectivity index (χ3n) is 2.38. The first kappa shape index (κ1) is 11.3. The predicted molar refractivity (Wildman–Crippen MR) is 62.6 cm³/mol. The summed E-state index contributed by atoms with van der Waals surface area (Å²) in [5.74, 6) is -1.05. The van der Waals surface area contributed by atoms with Gasteiger partial charge in [0.25, 0.3) is 5.69 Å². The highest BCUT2D eigenvalue weighted by Gasteiger charge is 2.15. The minimum absolute atomic E-state index is 0.0180. The number of carboxylic acids is 1. The molecule has 0 fully saturated rings. The molecule has 0 aliphatic heterocycles. The molecule has 86 valence electrons. The maximum atomic E-state index is 10.8. The zero-order valence-corrected chi connectivity index (χ0v) is 9.14. The topological polar surface area (TPSA) is 80.4 Å². The molecule has 17 heavy (non-hydrogen) atoms. The van der Waals surface area contributed by atoms with E-state index < -0.39 is 10.9 Å². The summed E-state index contributed by atoms with van der Waals surface area (Å²) in [5, 5.41) is 20.5. The fourth-order valence-electron chi connectivity index (χ4n) is 1.55. The van der Waals surface area contributed by atoms with Gasteiger partial charge in [-0.3, -0.25) is 10.1 Å². The van der Waals surface area contributed by atoms with E-state index in [1.807, 2.05) is 0 Å². The Kier molecular flexibility index (Phi) is 2.69. The van der Waals surface area contributed by atoms with Crippen molar-refractivity contribution in [2.24, 2.45) is 0 Å². The summed E-state index contributed by atoms with van der Waals surface area (Å²) in [4.78, 5) is 20.9. The number of aromatic carboxylic acids is 1. The maximum Gasteiger partial charge on any atom is 0.335 e. The van der Waals surface area contributed by atoms with Gasteiger partial charge in [0, 0.05) is 11.5 Å². The molecule has 0 spiro atoms. The first-order chi connectivity index (χ1) is 8.00. The Morgan fingerprint density at radius 2 is 2.00 bits per heavy atom. The van der Waals surface area contributed by atoms with Gasteiger partial charge in [-0.1, -0.05) is 17.7 Å². The standard InChI is InChI=1S/C11H6ClNO4/c12-10-8-3-1-7(11(14)15)5-6(8)2-4-9(10)13(16)17/h1-5H,(H,14,15). The minimum Gasteiger partial charge on any atom is -0.478 e. The minimum atomic E-state index is -1.05. The molecule has 0 saturated heterocycles. The maximum absolute atomic E-state index is 10.8. The van der Waals surface area contributed by atoms with E-state index in [1.165, 1.54) is 30.3 Å². The van der Waals surface area contributed by atoms with Gasteiger partial charge in [0.05, 0.1) is 10.5 Å². The van der Waals surface area contributed by atoms with E-state index in [1.54, 1.807) is 0 Å². The second-order valence-electron chi connectivity index (χ2n) is 3.40. The molecular weight excluding hydrogens is 246 g/mol. The average Bonchev–Trinajstić information content (AvgIpc) is 2.28. The van der Waals surface area contributed by atoms with Crippen LogP contribution in [0.25, 0.3) is 10.8 Å². The molecule has 0 aromatic heterocycles. The molecule has 2 aromatic rings. The lowest BCUT2D eigenvalue weighted by molar-refractivity contribution is -0.384. The number of halogens is 1. The molecule has 0 atom stereocenters. The number of hydrogen-bond acceptors (Lipinski definition) is 3. The van der Waals surface area contributed by atoms with E-state index in [4.69, 9.17) is 16.7 Å². The Balaban J connectivity index is 2.72. The fourth-order valence-corrected chi connectivity index (χ4v) is 1.86. The van der Waals surface area contributed by atoms with E-state index in [0.717, 1.165) is 0 Å². The van der Waals surface area contributed by atoms with Crippen molar-refractivity contribution < 1.29 is 14.8 Å². The molecule has 0 heterocycles. The lowest BCUT2D eigenvalue weighted by Gasteiger charge is -2.02. The van der Waals surface area contributed by atoms with Crippen LogP contribution in [0, 0.1) is 10.1 Å². The molecule has 0 bridgehead atoms. The van der Waals surface area contributed by atoms with E-state index in [0.29, 0.717) is 10.8 Å². The number of nitrogens with zero attached hydrogens (tertiary/aromatic N) is 1. The summed E-state index contributed by atoms with van der Waals surface area (Å²) in [6.07, 6.45) is 0. The molecule has 5 nitrogen and oxygen atoms in total. The number of rotatable bonds is 2. The fraction of sp³-hybridized carbons (Fsp3) is 0. The largest absolute Gasteiger partial charge is 0.478 e. The Bertz CT molecular complexity index is 639. The Morgan fingerprint density at radius 1 is 1.29 bits per heavy atom. The Hall–Kier alpha value is -2.14. The Labute approximate surface area is 100 Å². The molecule has 0 aliphatic rings. The molecule has 0 saturated carbocycles. The molecule has 6 heteroatoms. The second-order valence-corrected chi connectivity index (χ2v) is 3.77. The van der Waals surface area contributed by atoms with E-state index in [9.17, 15) is 14.9 Å². The molecule has 0 unspecified atom stereocenters. The zero-order chi connectivity index (χ0) is 12.6. The van der Waals surface area contributed by atoms with Crippen LogP contribution in [0.3, 0.4) is 0 Å². The molecule has 1 N–H and O–H groups in total. The summed E-state index contributed by atoms with van der Waals surface area (Å²) in [6.45, 7) is 0. The van der Waals surface area contributed by atoms with Gasteiger partial charge >= 0.3 is 5.97 Å². The number of benzene rings is 2. The highest BCUT2D eigenvalue weighted by atomic mass is 35.5. The third kappa shape index (κ3) is 1.92. The van der Waals surface area contributed by atoms with Gasteiger partial charge < -0.3 is 5.11 Å². The molecule has 2 rings (SSSR count). The number of fused-ring (bicyclic) bond motifs is 1. The Morgan fingerprint density at radius 3 is 2.59 bits per heavy atom. The smallest absolute Gasteiger partial charge is 0.335 e. The van der Waals surface area contributed by atoms with Crippen molar-refractivity contribution in [1.29, 1.82) is 0 Å². The third-order valence-corrected chi connectivity index (χ3v) is 2.77. The summed E-state index contributed by atoms with van der Waals surface area (Å²) in [6, 6.07) is 6.99. The summed E-state index contributed by atoms with van der Waals surface area (Å²) >= 11 is 5.88. The van der Waals surface area contributed by atoms with E-state index in [2.05, 4.69) is 0 Å². The second kappa shape index (κ2) is 4.03. The van der Waals surface area contributed by atoms with Crippen LogP contribution in [0.15, 0.2) is 30.3 Å². The lowest BCUT2D eigenvalue weighted by atomic mass is 10.1. The number of hydrogen-bond donors (Lipinski definition) is 1. The van der Waals surface area contributed by atoms with Crippen molar-refractivity contribution in [1.82, 2.24) is 0 Å². The number of nitro benzene ring substituents is 1. The number of carboxylic acid groups (broad SMARTS) is 1. The van der Waals surface area contributed by atoms with Crippen molar-refractivity contribution in [3.05, 3.63) is 51.0 Å². The van der Waals surface area contributed by atoms with Crippen molar-refractivity contribution >= 4 is 34.0 Å². The van der Waals surface area contributed by atoms with Gasteiger partial charge in [-0.05, 0) is 23.6 Å². The van der Waals surface area contributed by atoms with Gasteiger partial charge in [-0.15, -0.1) is 0 Å². The van der Waals surface area contributed by atoms with Gasteiger partial charge in [0.15, 0.2) is 0 Å². The molecule has 0 aliphatic carbocycles. The molecule has 2 aromatic carbocycles. The van der Waals surface area contributed by atoms with Crippen LogP contribution in [0.1, 0.15) is 10.4 Å². The number of carbonyl (C=O) groups is 1. The van der Waals surface area contributed by atoms with Crippen molar-refractivity contribution in [3.63, 3.8) is 0 Å². The molecule has 0 radical (unpaired) electrons. The predicted octanol–water partition coefficient (Wildman–Crippen LogP) is 3.10. The van der Waals surface area contributed by atoms with Gasteiger partial charge in [-0.2, -0.15) is 0 Å². The van der Waals surface area contributed by atoms with Crippen LogP contribution < -0.4 is 0 Å². The first-order valence-electron chi connectivity index (χ1n) is 4.60. The van der Waals surface area contributed by atoms with Gasteiger partial charge in [0.1, 0.15) is 5.02 Å². The molecular formula is C11H6ClNO4. The summed E-state index contributed by atoms with van der Waals surface area (Å²) in [7, 11) is 0. The number of nitro groups is 1. The average molecular weight is 252 g/mol. The quantitative estimate of drug-likeness (QED) is 0.657. The van der Waals surface area contributed by atoms with Crippen LogP contribution in [0.4, 0.5) is 5.69 Å². The zero-order valence-electron chi connectivity index (χ0n) is 8.38. The SMILES string of the molecule is O=C(O)c1ccc2c(Cl)c([N+](=O)[O-])ccc2c1. The van der Waals surface area contributed by atoms with E-state index >= 15 is 0 Å². The lowest BCUT2D eigenvalue weighted by Crippen LogP contribution is -1.96. The van der Waals surface area contributed by atoms with Crippen molar-refractivity contribution in [3.8, 4) is 0 Å². The van der Waals surface area contributed by atoms with Crippen LogP contribution in [-0.2, 0) is 0 Å². The van der Waals surface area contributed by atoms with E-state index in [-0.39, 0.29) is 16.3 Å². The highest BCUT2D eigenvalue weighted by molar-refractivity contribution is 6.37. The van der Waals surface area contributed by atoms with Gasteiger partial charge in [0.2, 0.25) is 0 Å². The summed E-state index contributed by atoms with van der Waals surface area (Å²) < 4.78 is 0. The van der Waals surface area contributed by atoms with Crippen LogP contribution in [-0.4, -0.2) is 16.0 Å². The monoisotopic (exact) mass is 251 g/mol. The van der Waals surface area contributed by atoms with Crippen molar-refractivity contribution in [2.75, 3.05) is 0 Å². The summed E-state index contributed by atoms with van der Waals surface area (Å²) in [5.41, 5.74) is -0.0790.